The molecule has 1 heterocycles. The van der Waals surface area contributed by atoms with Crippen molar-refractivity contribution in [2.75, 3.05) is 13.1 Å². The maximum absolute atomic E-state index is 12.5. The number of hydrogen-bond acceptors (Lipinski definition) is 2. The van der Waals surface area contributed by atoms with Crippen molar-refractivity contribution in [1.29, 1.82) is 0 Å². The van der Waals surface area contributed by atoms with E-state index in [-0.39, 0.29) is 0 Å². The van der Waals surface area contributed by atoms with Gasteiger partial charge in [0.15, 0.2) is 0 Å². The van der Waals surface area contributed by atoms with Gasteiger partial charge in [-0.1, -0.05) is 31.5 Å². The van der Waals surface area contributed by atoms with Gasteiger partial charge in [-0.3, -0.25) is 0 Å². The van der Waals surface area contributed by atoms with Crippen LogP contribution in [0.1, 0.15) is 25.8 Å². The molecule has 100 valence electrons. The predicted octanol–water partition coefficient (Wildman–Crippen LogP) is 2.66. The zero-order chi connectivity index (χ0) is 13.3. The summed E-state index contributed by atoms with van der Waals surface area (Å²) in [5.41, 5.74) is 1.08. The lowest BCUT2D eigenvalue weighted by Gasteiger charge is -2.34. The number of piperidine rings is 1. The Morgan fingerprint density at radius 3 is 2.28 bits per heavy atom. The van der Waals surface area contributed by atoms with E-state index in [1.54, 1.807) is 16.4 Å². The summed E-state index contributed by atoms with van der Waals surface area (Å²) in [5.74, 6) is 1.04. The van der Waals surface area contributed by atoms with Crippen LogP contribution < -0.4 is 0 Å². The molecule has 0 radical (unpaired) electrons. The number of aryl methyl sites for hydroxylation is 1. The molecule has 0 saturated carbocycles. The molecule has 0 aliphatic carbocycles. The van der Waals surface area contributed by atoms with Crippen LogP contribution in [0.5, 0.6) is 0 Å². The molecule has 1 fully saturated rings. The lowest BCUT2D eigenvalue weighted by molar-refractivity contribution is 0.212. The third-order valence-corrected chi connectivity index (χ3v) is 5.83. The molecule has 1 aliphatic heterocycles. The lowest BCUT2D eigenvalue weighted by Crippen LogP contribution is -2.42. The van der Waals surface area contributed by atoms with Crippen molar-refractivity contribution in [2.45, 2.75) is 32.1 Å². The van der Waals surface area contributed by atoms with E-state index in [1.165, 1.54) is 0 Å². The molecule has 0 spiro atoms. The molecule has 1 aromatic rings. The van der Waals surface area contributed by atoms with Crippen LogP contribution in [0, 0.1) is 18.8 Å². The second kappa shape index (κ2) is 5.02. The summed E-state index contributed by atoms with van der Waals surface area (Å²) in [4.78, 5) is 0.412. The Morgan fingerprint density at radius 2 is 1.72 bits per heavy atom. The largest absolute Gasteiger partial charge is 0.243 e. The van der Waals surface area contributed by atoms with Crippen molar-refractivity contribution < 1.29 is 8.42 Å². The first kappa shape index (κ1) is 13.6. The van der Waals surface area contributed by atoms with Gasteiger partial charge in [-0.05, 0) is 37.3 Å². The summed E-state index contributed by atoms with van der Waals surface area (Å²) in [7, 11) is -3.30. The maximum Gasteiger partial charge on any atom is 0.243 e. The Hall–Kier alpha value is -0.870. The summed E-state index contributed by atoms with van der Waals surface area (Å²) >= 11 is 0. The lowest BCUT2D eigenvalue weighted by atomic mass is 9.90. The van der Waals surface area contributed by atoms with Gasteiger partial charge in [0.2, 0.25) is 10.0 Å². The van der Waals surface area contributed by atoms with E-state index in [0.29, 0.717) is 29.8 Å². The molecule has 0 N–H and O–H groups in total. The second-order valence-electron chi connectivity index (χ2n) is 5.42. The number of nitrogens with zero attached hydrogens (tertiary/aromatic N) is 1. The van der Waals surface area contributed by atoms with Crippen LogP contribution in [-0.2, 0) is 10.0 Å². The van der Waals surface area contributed by atoms with Crippen LogP contribution in [0.3, 0.4) is 0 Å². The fourth-order valence-corrected chi connectivity index (χ4v) is 3.86. The highest BCUT2D eigenvalue weighted by molar-refractivity contribution is 7.89. The molecule has 1 aliphatic rings. The van der Waals surface area contributed by atoms with Gasteiger partial charge in [0.05, 0.1) is 4.90 Å². The average Bonchev–Trinajstić information content (AvgIpc) is 2.33. The quantitative estimate of drug-likeness (QED) is 0.826. The van der Waals surface area contributed by atoms with Crippen molar-refractivity contribution in [1.82, 2.24) is 4.31 Å². The zero-order valence-electron chi connectivity index (χ0n) is 11.3. The maximum atomic E-state index is 12.5. The van der Waals surface area contributed by atoms with Crippen LogP contribution in [-0.4, -0.2) is 25.8 Å². The third kappa shape index (κ3) is 2.59. The van der Waals surface area contributed by atoms with Crippen molar-refractivity contribution in [3.63, 3.8) is 0 Å². The standard InChI is InChI=1S/C14H21NO2S/c1-11-4-6-14(7-5-11)18(16,17)15-9-8-12(2)13(3)10-15/h4-7,12-13H,8-10H2,1-3H3. The van der Waals surface area contributed by atoms with Crippen LogP contribution in [0.2, 0.25) is 0 Å². The summed E-state index contributed by atoms with van der Waals surface area (Å²) in [6.45, 7) is 7.56. The number of sulfonamides is 1. The Kier molecular flexibility index (Phi) is 3.78. The van der Waals surface area contributed by atoms with Gasteiger partial charge in [-0.2, -0.15) is 4.31 Å². The monoisotopic (exact) mass is 267 g/mol. The summed E-state index contributed by atoms with van der Waals surface area (Å²) in [6.07, 6.45) is 0.951. The molecular formula is C14H21NO2S. The van der Waals surface area contributed by atoms with Gasteiger partial charge < -0.3 is 0 Å². The molecule has 1 saturated heterocycles. The first-order valence-corrected chi connectivity index (χ1v) is 7.92. The van der Waals surface area contributed by atoms with Crippen LogP contribution in [0.25, 0.3) is 0 Å². The molecule has 0 aromatic heterocycles. The molecule has 18 heavy (non-hydrogen) atoms. The van der Waals surface area contributed by atoms with Gasteiger partial charge in [-0.25, -0.2) is 8.42 Å². The van der Waals surface area contributed by atoms with Crippen LogP contribution >= 0.6 is 0 Å². The topological polar surface area (TPSA) is 37.4 Å². The second-order valence-corrected chi connectivity index (χ2v) is 7.36. The van der Waals surface area contributed by atoms with Gasteiger partial charge in [0, 0.05) is 13.1 Å². The first-order valence-electron chi connectivity index (χ1n) is 6.48. The highest BCUT2D eigenvalue weighted by Gasteiger charge is 2.31. The van der Waals surface area contributed by atoms with Gasteiger partial charge in [0.25, 0.3) is 0 Å². The van der Waals surface area contributed by atoms with Gasteiger partial charge in [-0.15, -0.1) is 0 Å². The number of rotatable bonds is 2. The van der Waals surface area contributed by atoms with Gasteiger partial charge >= 0.3 is 0 Å². The van der Waals surface area contributed by atoms with E-state index in [0.717, 1.165) is 12.0 Å². The normalized spacial score (nSPS) is 26.2. The fraction of sp³-hybridized carbons (Fsp3) is 0.571. The highest BCUT2D eigenvalue weighted by atomic mass is 32.2. The Morgan fingerprint density at radius 1 is 1.11 bits per heavy atom. The van der Waals surface area contributed by atoms with E-state index in [1.807, 2.05) is 19.1 Å². The van der Waals surface area contributed by atoms with E-state index in [9.17, 15) is 8.42 Å². The Labute approximate surface area is 110 Å². The smallest absolute Gasteiger partial charge is 0.207 e. The molecule has 2 rings (SSSR count). The van der Waals surface area contributed by atoms with E-state index in [4.69, 9.17) is 0 Å². The minimum atomic E-state index is -3.30. The Bertz CT molecular complexity index is 507. The van der Waals surface area contributed by atoms with E-state index < -0.39 is 10.0 Å². The average molecular weight is 267 g/mol. The number of hydrogen-bond donors (Lipinski definition) is 0. The zero-order valence-corrected chi connectivity index (χ0v) is 12.1. The summed E-state index contributed by atoms with van der Waals surface area (Å²) in [6, 6.07) is 7.10. The molecule has 4 heteroatoms. The fourth-order valence-electron chi connectivity index (χ4n) is 2.30. The third-order valence-electron chi connectivity index (χ3n) is 3.96. The molecule has 0 bridgehead atoms. The van der Waals surface area contributed by atoms with E-state index in [2.05, 4.69) is 13.8 Å². The van der Waals surface area contributed by atoms with Crippen molar-refractivity contribution in [3.8, 4) is 0 Å². The van der Waals surface area contributed by atoms with Crippen molar-refractivity contribution in [3.05, 3.63) is 29.8 Å². The molecular weight excluding hydrogens is 246 g/mol. The first-order chi connectivity index (χ1) is 8.41. The molecule has 1 aromatic carbocycles. The SMILES string of the molecule is Cc1ccc(S(=O)(=O)N2CCC(C)C(C)C2)cc1. The minimum Gasteiger partial charge on any atom is -0.207 e. The highest BCUT2D eigenvalue weighted by Crippen LogP contribution is 2.27. The summed E-state index contributed by atoms with van der Waals surface area (Å²) < 4.78 is 26.6. The minimum absolute atomic E-state index is 0.412. The Balaban J connectivity index is 2.24. The van der Waals surface area contributed by atoms with Crippen molar-refractivity contribution >= 4 is 10.0 Å². The molecule has 2 unspecified atom stereocenters. The molecule has 2 atom stereocenters. The van der Waals surface area contributed by atoms with E-state index >= 15 is 0 Å². The van der Waals surface area contributed by atoms with Crippen molar-refractivity contribution in [2.24, 2.45) is 11.8 Å². The summed E-state index contributed by atoms with van der Waals surface area (Å²) in [5, 5.41) is 0. The number of benzene rings is 1. The predicted molar refractivity (Wildman–Crippen MR) is 72.9 cm³/mol. The van der Waals surface area contributed by atoms with Crippen LogP contribution in [0.15, 0.2) is 29.2 Å². The molecule has 3 nitrogen and oxygen atoms in total. The van der Waals surface area contributed by atoms with Crippen LogP contribution in [0.4, 0.5) is 0 Å². The molecule has 0 amide bonds. The van der Waals surface area contributed by atoms with Gasteiger partial charge in [0.1, 0.15) is 0 Å².